The summed E-state index contributed by atoms with van der Waals surface area (Å²) in [4.78, 5) is 15.8. The molecular weight excluding hydrogens is 613 g/mol. The van der Waals surface area contributed by atoms with Gasteiger partial charge in [0, 0.05) is 0 Å². The number of hydrogen-bond acceptors (Lipinski definition) is 7. The Morgan fingerprint density at radius 1 is 1.35 bits per heavy atom. The topological polar surface area (TPSA) is 101 Å². The fourth-order valence-corrected chi connectivity index (χ4v) is 11.2. The van der Waals surface area contributed by atoms with Crippen LogP contribution in [0.5, 0.6) is 11.5 Å². The number of hydrogen-bond donors (Lipinski definition) is 2. The quantitative estimate of drug-likeness (QED) is 0.321. The third-order valence-corrected chi connectivity index (χ3v) is 12.7. The molecular formula is C26H25F2IN4O3S. The van der Waals surface area contributed by atoms with Crippen molar-refractivity contribution in [2.45, 2.75) is 19.4 Å². The minimum absolute atomic E-state index is 0.0431. The molecule has 0 radical (unpaired) electrons. The van der Waals surface area contributed by atoms with Crippen molar-refractivity contribution in [1.29, 1.82) is 5.26 Å². The van der Waals surface area contributed by atoms with E-state index < -0.39 is 31.5 Å². The average Bonchev–Trinajstić information content (AvgIpc) is 3.67. The van der Waals surface area contributed by atoms with Gasteiger partial charge in [-0.1, -0.05) is 0 Å². The van der Waals surface area contributed by atoms with Crippen molar-refractivity contribution in [2.24, 2.45) is 0 Å². The van der Waals surface area contributed by atoms with E-state index in [1.54, 1.807) is 6.92 Å². The number of thiophene rings is 1. The van der Waals surface area contributed by atoms with Crippen molar-refractivity contribution in [3.8, 4) is 28.7 Å². The number of halogens is 3. The molecule has 3 aromatic rings. The molecule has 2 fully saturated rings. The number of amides is 1. The number of ether oxygens (including phenoxy) is 2. The van der Waals surface area contributed by atoms with Gasteiger partial charge in [0.25, 0.3) is 0 Å². The summed E-state index contributed by atoms with van der Waals surface area (Å²) in [6.07, 6.45) is 0.656. The summed E-state index contributed by atoms with van der Waals surface area (Å²) in [5.74, 6) is -1.20. The molecule has 3 N–H and O–H groups in total. The Kier molecular flexibility index (Phi) is 6.37. The normalized spacial score (nSPS) is 19.9. The number of anilines is 1. The maximum absolute atomic E-state index is 16.7. The zero-order chi connectivity index (χ0) is 25.8. The number of nitriles is 1. The minimum atomic E-state index is -1.85. The molecule has 0 bridgehead atoms. The van der Waals surface area contributed by atoms with Crippen LogP contribution in [-0.4, -0.2) is 58.6 Å². The Bertz CT molecular complexity index is 1480. The van der Waals surface area contributed by atoms with Crippen LogP contribution in [0.1, 0.15) is 29.3 Å². The van der Waals surface area contributed by atoms with E-state index in [0.717, 1.165) is 23.8 Å². The van der Waals surface area contributed by atoms with E-state index in [0.29, 0.717) is 49.4 Å². The molecule has 1 atom stereocenters. The van der Waals surface area contributed by atoms with E-state index in [2.05, 4.69) is 11.4 Å². The van der Waals surface area contributed by atoms with Gasteiger partial charge in [-0.15, -0.1) is 0 Å². The first kappa shape index (κ1) is 24.6. The van der Waals surface area contributed by atoms with Crippen LogP contribution >= 0.6 is 31.2 Å². The van der Waals surface area contributed by atoms with Gasteiger partial charge in [-0.25, -0.2) is 0 Å². The van der Waals surface area contributed by atoms with Crippen LogP contribution in [0, 0.1) is 26.5 Å². The summed E-state index contributed by atoms with van der Waals surface area (Å²) in [5, 5.41) is 13.6. The molecule has 4 heterocycles. The summed E-state index contributed by atoms with van der Waals surface area (Å²) < 4.78 is 46.6. The number of nitrogens with one attached hydrogen (secondary N) is 1. The summed E-state index contributed by atoms with van der Waals surface area (Å²) in [7, 11) is 0. The molecule has 0 spiro atoms. The monoisotopic (exact) mass is 638 g/mol. The Hall–Kier alpha value is -2.69. The van der Waals surface area contributed by atoms with Gasteiger partial charge < -0.3 is 0 Å². The van der Waals surface area contributed by atoms with Crippen LogP contribution in [0.15, 0.2) is 12.1 Å². The van der Waals surface area contributed by atoms with Gasteiger partial charge in [0.1, 0.15) is 0 Å². The van der Waals surface area contributed by atoms with Gasteiger partial charge >= 0.3 is 225 Å². The Labute approximate surface area is 223 Å². The van der Waals surface area contributed by atoms with Crippen LogP contribution in [0.25, 0.3) is 21.2 Å². The molecule has 6 rings (SSSR count). The SMILES string of the molecule is CCOc1c(F)c(-c2ccc(F)c3sc(N)c(C#N)c23)c(I2CC2)c2c1C(=O)N1CCNC[C@@H]1CCO2. The van der Waals surface area contributed by atoms with E-state index in [-0.39, 0.29) is 50.7 Å². The molecule has 3 aliphatic heterocycles. The number of nitrogens with two attached hydrogens (primary N) is 1. The van der Waals surface area contributed by atoms with Crippen molar-refractivity contribution in [1.82, 2.24) is 10.2 Å². The Morgan fingerprint density at radius 3 is 2.89 bits per heavy atom. The molecule has 3 aliphatic rings. The van der Waals surface area contributed by atoms with E-state index >= 15 is 4.39 Å². The first-order chi connectivity index (χ1) is 18.0. The average molecular weight is 638 g/mol. The molecule has 37 heavy (non-hydrogen) atoms. The second-order valence-corrected chi connectivity index (χ2v) is 15.9. The first-order valence-electron chi connectivity index (χ1n) is 12.2. The molecule has 1 aromatic heterocycles. The van der Waals surface area contributed by atoms with E-state index in [1.807, 2.05) is 4.90 Å². The van der Waals surface area contributed by atoms with Crippen LogP contribution in [0.4, 0.5) is 13.8 Å². The molecule has 1 amide bonds. The predicted molar refractivity (Wildman–Crippen MR) is 148 cm³/mol. The molecule has 0 unspecified atom stereocenters. The fraction of sp³-hybridized carbons (Fsp3) is 0.385. The number of carbonyl (C=O) groups is 1. The third-order valence-electron chi connectivity index (χ3n) is 6.95. The number of carbonyl (C=O) groups excluding carboxylic acids is 1. The summed E-state index contributed by atoms with van der Waals surface area (Å²) in [6.45, 7) is 4.11. The predicted octanol–water partition coefficient (Wildman–Crippen LogP) is 4.59. The standard InChI is InChI=1S/C26H25F2IN4O3S/c1-2-35-22-19-23(36-10-5-13-12-32-8-9-33(13)26(19)34)21(29-6-7-29)18(20(22)28)14-3-4-16(27)24-17(14)15(11-30)25(31)37-24/h3-4,13,32H,2,5-10,12,31H2,1H3/t13-/m0/s1. The van der Waals surface area contributed by atoms with Crippen LogP contribution < -0.4 is 20.5 Å². The Balaban J connectivity index is 1.69. The van der Waals surface area contributed by atoms with Crippen molar-refractivity contribution >= 4 is 52.2 Å². The van der Waals surface area contributed by atoms with Gasteiger partial charge in [-0.3, -0.25) is 0 Å². The number of nitrogen functional groups attached to an aromatic ring is 1. The molecule has 0 saturated carbocycles. The second-order valence-electron chi connectivity index (χ2n) is 9.05. The number of fused-ring (bicyclic) bond motifs is 3. The van der Waals surface area contributed by atoms with Crippen LogP contribution in [0.2, 0.25) is 0 Å². The van der Waals surface area contributed by atoms with Gasteiger partial charge in [-0.2, -0.15) is 0 Å². The summed E-state index contributed by atoms with van der Waals surface area (Å²) in [5.41, 5.74) is 7.00. The molecule has 7 nitrogen and oxygen atoms in total. The van der Waals surface area contributed by atoms with Gasteiger partial charge in [-0.05, 0) is 0 Å². The maximum atomic E-state index is 16.7. The van der Waals surface area contributed by atoms with Crippen LogP contribution in [0.3, 0.4) is 0 Å². The van der Waals surface area contributed by atoms with Crippen molar-refractivity contribution in [3.05, 3.63) is 38.5 Å². The van der Waals surface area contributed by atoms with E-state index in [9.17, 15) is 14.4 Å². The summed E-state index contributed by atoms with van der Waals surface area (Å²) >= 11 is -0.869. The van der Waals surface area contributed by atoms with Crippen molar-refractivity contribution in [3.63, 3.8) is 0 Å². The molecule has 2 aromatic carbocycles. The molecule has 2 saturated heterocycles. The number of benzene rings is 2. The molecule has 11 heteroatoms. The first-order valence-corrected chi connectivity index (χ1v) is 17.1. The number of alkyl halides is 2. The molecule has 0 aliphatic carbocycles. The fourth-order valence-electron chi connectivity index (χ4n) is 5.21. The zero-order valence-electron chi connectivity index (χ0n) is 20.1. The zero-order valence-corrected chi connectivity index (χ0v) is 23.1. The second kappa shape index (κ2) is 9.56. The van der Waals surface area contributed by atoms with Crippen LogP contribution in [-0.2, 0) is 0 Å². The number of nitrogens with zero attached hydrogens (tertiary/aromatic N) is 2. The summed E-state index contributed by atoms with van der Waals surface area (Å²) in [6, 6.07) is 4.82. The third kappa shape index (κ3) is 3.92. The van der Waals surface area contributed by atoms with E-state index in [4.69, 9.17) is 15.2 Å². The number of piperazine rings is 1. The van der Waals surface area contributed by atoms with Crippen molar-refractivity contribution < 1.29 is 23.0 Å². The number of rotatable bonds is 4. The van der Waals surface area contributed by atoms with Gasteiger partial charge in [0.2, 0.25) is 0 Å². The molecule has 194 valence electrons. The van der Waals surface area contributed by atoms with Gasteiger partial charge in [0.05, 0.1) is 0 Å². The Morgan fingerprint density at radius 2 is 2.16 bits per heavy atom. The van der Waals surface area contributed by atoms with Crippen molar-refractivity contribution in [2.75, 3.05) is 47.4 Å². The van der Waals surface area contributed by atoms with Gasteiger partial charge in [0.15, 0.2) is 0 Å². The van der Waals surface area contributed by atoms with E-state index in [1.165, 1.54) is 12.1 Å².